The minimum Gasteiger partial charge on any atom is -0.506 e. The van der Waals surface area contributed by atoms with Crippen LogP contribution < -0.4 is 0 Å². The van der Waals surface area contributed by atoms with E-state index in [1.807, 2.05) is 37.3 Å². The van der Waals surface area contributed by atoms with Crippen LogP contribution in [0.5, 0.6) is 5.75 Å². The molecule has 2 aromatic rings. The van der Waals surface area contributed by atoms with Crippen LogP contribution in [0, 0.1) is 6.92 Å². The fourth-order valence-corrected chi connectivity index (χ4v) is 1.43. The van der Waals surface area contributed by atoms with E-state index in [9.17, 15) is 5.11 Å². The monoisotopic (exact) mass is 185 g/mol. The van der Waals surface area contributed by atoms with Gasteiger partial charge in [-0.15, -0.1) is 0 Å². The van der Waals surface area contributed by atoms with E-state index in [1.54, 1.807) is 6.07 Å². The maximum Gasteiger partial charge on any atom is 0.134 e. The first-order valence-electron chi connectivity index (χ1n) is 4.48. The molecule has 0 aliphatic heterocycles. The van der Waals surface area contributed by atoms with Gasteiger partial charge in [-0.05, 0) is 18.6 Å². The zero-order valence-corrected chi connectivity index (χ0v) is 7.94. The molecule has 2 heteroatoms. The lowest BCUT2D eigenvalue weighted by Crippen LogP contribution is -1.86. The van der Waals surface area contributed by atoms with Gasteiger partial charge < -0.3 is 5.11 Å². The molecule has 0 amide bonds. The Labute approximate surface area is 82.9 Å². The van der Waals surface area contributed by atoms with Crippen molar-refractivity contribution in [1.82, 2.24) is 4.98 Å². The summed E-state index contributed by atoms with van der Waals surface area (Å²) >= 11 is 0. The lowest BCUT2D eigenvalue weighted by Gasteiger charge is -2.04. The Bertz CT molecular complexity index is 437. The minimum absolute atomic E-state index is 0.203. The largest absolute Gasteiger partial charge is 0.506 e. The molecule has 0 unspecified atom stereocenters. The van der Waals surface area contributed by atoms with Crippen molar-refractivity contribution in [1.29, 1.82) is 0 Å². The van der Waals surface area contributed by atoms with Crippen LogP contribution >= 0.6 is 0 Å². The Morgan fingerprint density at radius 2 is 1.86 bits per heavy atom. The number of pyridine rings is 1. The van der Waals surface area contributed by atoms with E-state index in [4.69, 9.17) is 0 Å². The highest BCUT2D eigenvalue weighted by molar-refractivity contribution is 5.66. The standard InChI is InChI=1S/C12H11NO/c1-9-12(7-11(14)8-13-9)10-5-3-2-4-6-10/h2-8,14H,1H3. The number of nitrogens with zero attached hydrogens (tertiary/aromatic N) is 1. The third-order valence-electron chi connectivity index (χ3n) is 2.16. The summed E-state index contributed by atoms with van der Waals surface area (Å²) in [4.78, 5) is 4.11. The van der Waals surface area contributed by atoms with Gasteiger partial charge in [-0.1, -0.05) is 30.3 Å². The van der Waals surface area contributed by atoms with Gasteiger partial charge in [0.25, 0.3) is 0 Å². The number of rotatable bonds is 1. The number of hydrogen-bond donors (Lipinski definition) is 1. The number of hydrogen-bond acceptors (Lipinski definition) is 2. The molecule has 0 saturated heterocycles. The molecule has 1 aromatic heterocycles. The van der Waals surface area contributed by atoms with Gasteiger partial charge >= 0.3 is 0 Å². The number of aromatic hydroxyl groups is 1. The van der Waals surface area contributed by atoms with Gasteiger partial charge in [0, 0.05) is 11.3 Å². The van der Waals surface area contributed by atoms with E-state index in [2.05, 4.69) is 4.98 Å². The second kappa shape index (κ2) is 3.50. The van der Waals surface area contributed by atoms with Gasteiger partial charge in [0.2, 0.25) is 0 Å². The smallest absolute Gasteiger partial charge is 0.134 e. The molecule has 0 aliphatic rings. The maximum atomic E-state index is 9.34. The molecule has 0 aliphatic carbocycles. The van der Waals surface area contributed by atoms with Crippen LogP contribution in [0.3, 0.4) is 0 Å². The number of aryl methyl sites for hydroxylation is 1. The van der Waals surface area contributed by atoms with Gasteiger partial charge in [0.1, 0.15) is 5.75 Å². The summed E-state index contributed by atoms with van der Waals surface area (Å²) in [6.45, 7) is 1.93. The summed E-state index contributed by atoms with van der Waals surface area (Å²) in [6, 6.07) is 11.7. The lowest BCUT2D eigenvalue weighted by atomic mass is 10.0. The van der Waals surface area contributed by atoms with Crippen molar-refractivity contribution in [3.8, 4) is 16.9 Å². The molecule has 70 valence electrons. The quantitative estimate of drug-likeness (QED) is 0.741. The van der Waals surface area contributed by atoms with Crippen LogP contribution in [-0.2, 0) is 0 Å². The molecule has 0 saturated carbocycles. The Balaban J connectivity index is 2.57. The summed E-state index contributed by atoms with van der Waals surface area (Å²) in [6.07, 6.45) is 1.46. The third kappa shape index (κ3) is 1.59. The molecule has 1 aromatic carbocycles. The van der Waals surface area contributed by atoms with Crippen molar-refractivity contribution in [2.24, 2.45) is 0 Å². The zero-order valence-electron chi connectivity index (χ0n) is 7.94. The molecule has 2 rings (SSSR count). The highest BCUT2D eigenvalue weighted by Crippen LogP contribution is 2.24. The van der Waals surface area contributed by atoms with Crippen molar-refractivity contribution < 1.29 is 5.11 Å². The van der Waals surface area contributed by atoms with Crippen LogP contribution in [0.4, 0.5) is 0 Å². The molecule has 0 radical (unpaired) electrons. The van der Waals surface area contributed by atoms with Gasteiger partial charge in [-0.25, -0.2) is 0 Å². The van der Waals surface area contributed by atoms with E-state index in [-0.39, 0.29) is 5.75 Å². The first-order chi connectivity index (χ1) is 6.77. The summed E-state index contributed by atoms with van der Waals surface area (Å²) in [7, 11) is 0. The topological polar surface area (TPSA) is 33.1 Å². The molecule has 0 spiro atoms. The molecule has 1 N–H and O–H groups in total. The van der Waals surface area contributed by atoms with Gasteiger partial charge in [-0.3, -0.25) is 4.98 Å². The third-order valence-corrected chi connectivity index (χ3v) is 2.16. The molecule has 14 heavy (non-hydrogen) atoms. The van der Waals surface area contributed by atoms with Crippen LogP contribution in [0.15, 0.2) is 42.6 Å². The van der Waals surface area contributed by atoms with Crippen molar-refractivity contribution in [3.05, 3.63) is 48.3 Å². The van der Waals surface area contributed by atoms with Crippen LogP contribution in [-0.4, -0.2) is 10.1 Å². The van der Waals surface area contributed by atoms with Crippen molar-refractivity contribution >= 4 is 0 Å². The van der Waals surface area contributed by atoms with E-state index < -0.39 is 0 Å². The van der Waals surface area contributed by atoms with E-state index in [0.717, 1.165) is 16.8 Å². The van der Waals surface area contributed by atoms with Crippen molar-refractivity contribution in [3.63, 3.8) is 0 Å². The van der Waals surface area contributed by atoms with Crippen LogP contribution in [0.1, 0.15) is 5.69 Å². The Hall–Kier alpha value is -1.83. The van der Waals surface area contributed by atoms with Gasteiger partial charge in [-0.2, -0.15) is 0 Å². The molecule has 0 atom stereocenters. The van der Waals surface area contributed by atoms with Gasteiger partial charge in [0.15, 0.2) is 0 Å². The fourth-order valence-electron chi connectivity index (χ4n) is 1.43. The van der Waals surface area contributed by atoms with Crippen molar-refractivity contribution in [2.45, 2.75) is 6.92 Å². The SMILES string of the molecule is Cc1ncc(O)cc1-c1ccccc1. The normalized spacial score (nSPS) is 10.1. The number of benzene rings is 1. The van der Waals surface area contributed by atoms with Crippen molar-refractivity contribution in [2.75, 3.05) is 0 Å². The van der Waals surface area contributed by atoms with Gasteiger partial charge in [0.05, 0.1) is 6.20 Å². The summed E-state index contributed by atoms with van der Waals surface area (Å²) in [5.41, 5.74) is 2.98. The highest BCUT2D eigenvalue weighted by atomic mass is 16.3. The second-order valence-electron chi connectivity index (χ2n) is 3.19. The fraction of sp³-hybridized carbons (Fsp3) is 0.0833. The lowest BCUT2D eigenvalue weighted by molar-refractivity contribution is 0.472. The average molecular weight is 185 g/mol. The first kappa shape index (κ1) is 8.75. The van der Waals surface area contributed by atoms with Crippen LogP contribution in [0.2, 0.25) is 0 Å². The predicted octanol–water partition coefficient (Wildman–Crippen LogP) is 2.76. The highest BCUT2D eigenvalue weighted by Gasteiger charge is 2.02. The molecule has 2 nitrogen and oxygen atoms in total. The minimum atomic E-state index is 0.203. The van der Waals surface area contributed by atoms with Crippen LogP contribution in [0.25, 0.3) is 11.1 Å². The first-order valence-corrected chi connectivity index (χ1v) is 4.48. The summed E-state index contributed by atoms with van der Waals surface area (Å²) < 4.78 is 0. The predicted molar refractivity (Wildman–Crippen MR) is 56.1 cm³/mol. The zero-order chi connectivity index (χ0) is 9.97. The molecule has 1 heterocycles. The summed E-state index contributed by atoms with van der Waals surface area (Å²) in [5, 5.41) is 9.34. The molecular formula is C12H11NO. The Morgan fingerprint density at radius 1 is 1.14 bits per heavy atom. The molecular weight excluding hydrogens is 174 g/mol. The average Bonchev–Trinajstić information content (AvgIpc) is 2.23. The van der Waals surface area contributed by atoms with E-state index in [0.29, 0.717) is 0 Å². The second-order valence-corrected chi connectivity index (χ2v) is 3.19. The number of aromatic nitrogens is 1. The summed E-state index contributed by atoms with van der Waals surface area (Å²) in [5.74, 6) is 0.203. The Kier molecular flexibility index (Phi) is 2.19. The Morgan fingerprint density at radius 3 is 2.57 bits per heavy atom. The maximum absolute atomic E-state index is 9.34. The molecule has 0 fully saturated rings. The van der Waals surface area contributed by atoms with E-state index >= 15 is 0 Å². The molecule has 0 bridgehead atoms. The van der Waals surface area contributed by atoms with E-state index in [1.165, 1.54) is 6.20 Å².